The molecule has 20 heavy (non-hydrogen) atoms. The van der Waals surface area contributed by atoms with Crippen LogP contribution in [0.15, 0.2) is 12.3 Å². The second-order valence-electron chi connectivity index (χ2n) is 5.49. The SMILES string of the molecule is CC(Cl)c1nc2cc(Cl)cnc2n1C1CCN(C)CC1. The van der Waals surface area contributed by atoms with Crippen molar-refractivity contribution in [2.24, 2.45) is 0 Å². The van der Waals surface area contributed by atoms with E-state index < -0.39 is 0 Å². The van der Waals surface area contributed by atoms with Crippen molar-refractivity contribution < 1.29 is 0 Å². The molecule has 1 atom stereocenters. The van der Waals surface area contributed by atoms with E-state index in [1.807, 2.05) is 13.0 Å². The van der Waals surface area contributed by atoms with Gasteiger partial charge in [0.25, 0.3) is 0 Å². The summed E-state index contributed by atoms with van der Waals surface area (Å²) in [6.45, 7) is 4.14. The molecule has 0 aromatic carbocycles. The van der Waals surface area contributed by atoms with Gasteiger partial charge >= 0.3 is 0 Å². The molecule has 2 aromatic rings. The minimum Gasteiger partial charge on any atom is -0.308 e. The van der Waals surface area contributed by atoms with E-state index >= 15 is 0 Å². The highest BCUT2D eigenvalue weighted by Crippen LogP contribution is 2.32. The van der Waals surface area contributed by atoms with Gasteiger partial charge in [-0.15, -0.1) is 11.6 Å². The maximum Gasteiger partial charge on any atom is 0.160 e. The van der Waals surface area contributed by atoms with E-state index in [1.54, 1.807) is 6.20 Å². The van der Waals surface area contributed by atoms with Gasteiger partial charge in [-0.1, -0.05) is 11.6 Å². The monoisotopic (exact) mass is 312 g/mol. The Balaban J connectivity index is 2.09. The molecule has 1 aliphatic heterocycles. The number of pyridine rings is 1. The van der Waals surface area contributed by atoms with Crippen molar-refractivity contribution in [3.63, 3.8) is 0 Å². The number of alkyl halides is 1. The number of nitrogens with zero attached hydrogens (tertiary/aromatic N) is 4. The molecule has 0 radical (unpaired) electrons. The van der Waals surface area contributed by atoms with E-state index in [2.05, 4.69) is 26.5 Å². The van der Waals surface area contributed by atoms with E-state index in [1.165, 1.54) is 0 Å². The quantitative estimate of drug-likeness (QED) is 0.794. The fourth-order valence-electron chi connectivity index (χ4n) is 2.87. The van der Waals surface area contributed by atoms with E-state index in [-0.39, 0.29) is 5.38 Å². The molecule has 0 saturated carbocycles. The molecule has 3 rings (SSSR count). The van der Waals surface area contributed by atoms with Gasteiger partial charge in [0, 0.05) is 12.2 Å². The van der Waals surface area contributed by atoms with Crippen molar-refractivity contribution in [3.05, 3.63) is 23.1 Å². The number of fused-ring (bicyclic) bond motifs is 1. The van der Waals surface area contributed by atoms with E-state index in [4.69, 9.17) is 23.2 Å². The van der Waals surface area contributed by atoms with Crippen LogP contribution in [0, 0.1) is 0 Å². The molecule has 0 spiro atoms. The van der Waals surface area contributed by atoms with Crippen LogP contribution in [0.2, 0.25) is 5.02 Å². The molecular formula is C14H18Cl2N4. The Hall–Kier alpha value is -0.840. The summed E-state index contributed by atoms with van der Waals surface area (Å²) in [5, 5.41) is 0.474. The first-order valence-electron chi connectivity index (χ1n) is 6.92. The Morgan fingerprint density at radius 3 is 2.70 bits per heavy atom. The number of rotatable bonds is 2. The fraction of sp³-hybridized carbons (Fsp3) is 0.571. The van der Waals surface area contributed by atoms with Crippen molar-refractivity contribution in [3.8, 4) is 0 Å². The predicted octanol–water partition coefficient (Wildman–Crippen LogP) is 3.65. The van der Waals surface area contributed by atoms with Crippen LogP contribution in [-0.2, 0) is 0 Å². The lowest BCUT2D eigenvalue weighted by Gasteiger charge is -2.31. The Morgan fingerprint density at radius 2 is 2.05 bits per heavy atom. The predicted molar refractivity (Wildman–Crippen MR) is 82.6 cm³/mol. The van der Waals surface area contributed by atoms with Gasteiger partial charge in [0.15, 0.2) is 5.65 Å². The zero-order valence-corrected chi connectivity index (χ0v) is 13.2. The largest absolute Gasteiger partial charge is 0.308 e. The topological polar surface area (TPSA) is 34.0 Å². The summed E-state index contributed by atoms with van der Waals surface area (Å²) in [4.78, 5) is 11.5. The van der Waals surface area contributed by atoms with Gasteiger partial charge in [-0.25, -0.2) is 9.97 Å². The molecule has 2 aromatic heterocycles. The standard InChI is InChI=1S/C14H18Cl2N4/c1-9(15)13-18-12-7-10(16)8-17-14(12)20(13)11-3-5-19(2)6-4-11/h7-9,11H,3-6H2,1-2H3. The van der Waals surface area contributed by atoms with Crippen LogP contribution in [0.5, 0.6) is 0 Å². The highest BCUT2D eigenvalue weighted by atomic mass is 35.5. The molecule has 0 aliphatic carbocycles. The first kappa shape index (κ1) is 14.1. The normalized spacial score (nSPS) is 19.6. The third kappa shape index (κ3) is 2.52. The molecule has 1 saturated heterocycles. The van der Waals surface area contributed by atoms with Gasteiger partial charge < -0.3 is 9.47 Å². The zero-order valence-electron chi connectivity index (χ0n) is 11.7. The second kappa shape index (κ2) is 5.51. The first-order valence-corrected chi connectivity index (χ1v) is 7.73. The molecule has 0 bridgehead atoms. The van der Waals surface area contributed by atoms with Crippen LogP contribution in [-0.4, -0.2) is 39.6 Å². The van der Waals surface area contributed by atoms with Gasteiger partial charge in [-0.05, 0) is 46.0 Å². The van der Waals surface area contributed by atoms with Crippen molar-refractivity contribution in [2.45, 2.75) is 31.2 Å². The number of halogens is 2. The molecule has 1 fully saturated rings. The molecule has 3 heterocycles. The lowest BCUT2D eigenvalue weighted by molar-refractivity contribution is 0.221. The molecule has 1 aliphatic rings. The Labute approximate surface area is 128 Å². The highest BCUT2D eigenvalue weighted by molar-refractivity contribution is 6.31. The first-order chi connectivity index (χ1) is 9.56. The van der Waals surface area contributed by atoms with Crippen molar-refractivity contribution in [1.29, 1.82) is 0 Å². The van der Waals surface area contributed by atoms with Crippen molar-refractivity contribution in [2.75, 3.05) is 20.1 Å². The summed E-state index contributed by atoms with van der Waals surface area (Å²) in [5.41, 5.74) is 1.73. The van der Waals surface area contributed by atoms with Gasteiger partial charge in [-0.2, -0.15) is 0 Å². The van der Waals surface area contributed by atoms with Crippen LogP contribution in [0.3, 0.4) is 0 Å². The van der Waals surface area contributed by atoms with Gasteiger partial charge in [0.1, 0.15) is 11.3 Å². The van der Waals surface area contributed by atoms with Gasteiger partial charge in [-0.3, -0.25) is 0 Å². The average Bonchev–Trinajstić information content (AvgIpc) is 2.78. The third-order valence-corrected chi connectivity index (χ3v) is 4.33. The van der Waals surface area contributed by atoms with Crippen LogP contribution in [0.1, 0.15) is 37.0 Å². The summed E-state index contributed by atoms with van der Waals surface area (Å²) in [6, 6.07) is 2.28. The third-order valence-electron chi connectivity index (χ3n) is 3.93. The minimum absolute atomic E-state index is 0.136. The van der Waals surface area contributed by atoms with Crippen LogP contribution >= 0.6 is 23.2 Å². The zero-order chi connectivity index (χ0) is 14.3. The lowest BCUT2D eigenvalue weighted by Crippen LogP contribution is -2.32. The Morgan fingerprint density at radius 1 is 1.35 bits per heavy atom. The average molecular weight is 313 g/mol. The molecule has 6 heteroatoms. The number of piperidine rings is 1. The smallest absolute Gasteiger partial charge is 0.160 e. The number of hydrogen-bond acceptors (Lipinski definition) is 3. The van der Waals surface area contributed by atoms with E-state index in [9.17, 15) is 0 Å². The van der Waals surface area contributed by atoms with Crippen molar-refractivity contribution in [1.82, 2.24) is 19.4 Å². The molecular weight excluding hydrogens is 295 g/mol. The van der Waals surface area contributed by atoms with E-state index in [0.717, 1.165) is 42.9 Å². The molecule has 108 valence electrons. The minimum atomic E-state index is -0.136. The number of likely N-dealkylation sites (tertiary alicyclic amines) is 1. The van der Waals surface area contributed by atoms with Gasteiger partial charge in [0.2, 0.25) is 0 Å². The molecule has 0 N–H and O–H groups in total. The fourth-order valence-corrected chi connectivity index (χ4v) is 3.17. The number of hydrogen-bond donors (Lipinski definition) is 0. The van der Waals surface area contributed by atoms with E-state index in [0.29, 0.717) is 11.1 Å². The number of imidazole rings is 1. The van der Waals surface area contributed by atoms with Crippen LogP contribution in [0.25, 0.3) is 11.2 Å². The van der Waals surface area contributed by atoms with Gasteiger partial charge in [0.05, 0.1) is 10.4 Å². The summed E-state index contributed by atoms with van der Waals surface area (Å²) in [6.07, 6.45) is 3.88. The molecule has 0 amide bonds. The maximum atomic E-state index is 6.31. The highest BCUT2D eigenvalue weighted by Gasteiger charge is 2.25. The number of aromatic nitrogens is 3. The maximum absolute atomic E-state index is 6.31. The summed E-state index contributed by atoms with van der Waals surface area (Å²) in [7, 11) is 2.16. The summed E-state index contributed by atoms with van der Waals surface area (Å²) >= 11 is 12.3. The Bertz CT molecular complexity index is 615. The van der Waals surface area contributed by atoms with Crippen LogP contribution in [0.4, 0.5) is 0 Å². The summed E-state index contributed by atoms with van der Waals surface area (Å²) < 4.78 is 2.22. The molecule has 4 nitrogen and oxygen atoms in total. The Kier molecular flexibility index (Phi) is 3.89. The second-order valence-corrected chi connectivity index (χ2v) is 6.58. The van der Waals surface area contributed by atoms with Crippen molar-refractivity contribution >= 4 is 34.4 Å². The lowest BCUT2D eigenvalue weighted by atomic mass is 10.1. The summed E-state index contributed by atoms with van der Waals surface area (Å²) in [5.74, 6) is 0.894. The van der Waals surface area contributed by atoms with Crippen LogP contribution < -0.4 is 0 Å². The molecule has 1 unspecified atom stereocenters.